The first-order chi connectivity index (χ1) is 39.3. The summed E-state index contributed by atoms with van der Waals surface area (Å²) in [5.74, 6) is 1.99. The molecule has 0 bridgehead atoms. The van der Waals surface area contributed by atoms with Crippen LogP contribution in [-0.2, 0) is 27.3 Å². The van der Waals surface area contributed by atoms with E-state index in [9.17, 15) is 0 Å². The van der Waals surface area contributed by atoms with Gasteiger partial charge in [0.25, 0.3) is 0 Å². The molecule has 7 aromatic carbocycles. The molecule has 1 aliphatic heterocycles. The van der Waals surface area contributed by atoms with Crippen LogP contribution >= 0.6 is 0 Å². The van der Waals surface area contributed by atoms with Crippen LogP contribution in [0.4, 0.5) is 0 Å². The fourth-order valence-corrected chi connectivity index (χ4v) is 14.5. The monoisotopic (exact) mass is 1090 g/mol. The van der Waals surface area contributed by atoms with E-state index in [1.54, 1.807) is 0 Å². The average Bonchev–Trinajstić information content (AvgIpc) is 1.62. The van der Waals surface area contributed by atoms with Crippen molar-refractivity contribution >= 4 is 49.6 Å². The van der Waals surface area contributed by atoms with Crippen molar-refractivity contribution in [2.45, 2.75) is 151 Å². The second kappa shape index (κ2) is 18.9. The maximum atomic E-state index is 6.42. The summed E-state index contributed by atoms with van der Waals surface area (Å²) < 4.78 is 4.96. The minimum absolute atomic E-state index is 0.0355. The van der Waals surface area contributed by atoms with Crippen molar-refractivity contribution in [3.63, 3.8) is 0 Å². The average molecular weight is 1090 g/mol. The predicted molar refractivity (Wildman–Crippen MR) is 353 cm³/mol. The van der Waals surface area contributed by atoms with Gasteiger partial charge in [-0.2, -0.15) is 0 Å². The van der Waals surface area contributed by atoms with Crippen molar-refractivity contribution in [3.05, 3.63) is 220 Å². The normalized spacial score (nSPS) is 19.2. The van der Waals surface area contributed by atoms with Crippen LogP contribution in [0.2, 0.25) is 0 Å². The van der Waals surface area contributed by atoms with E-state index in [4.69, 9.17) is 9.98 Å². The van der Waals surface area contributed by atoms with Gasteiger partial charge in [0.15, 0.2) is 0 Å². The Labute approximate surface area is 493 Å². The number of hydrogen-bond donors (Lipinski definition) is 0. The van der Waals surface area contributed by atoms with Crippen molar-refractivity contribution in [1.82, 2.24) is 19.0 Å². The molecule has 13 rings (SSSR count). The minimum atomic E-state index is -0.685. The molecule has 0 saturated heterocycles. The summed E-state index contributed by atoms with van der Waals surface area (Å²) in [6.45, 7) is 40.3. The van der Waals surface area contributed by atoms with Crippen LogP contribution in [0.15, 0.2) is 180 Å². The van der Waals surface area contributed by atoms with Crippen molar-refractivity contribution in [3.8, 4) is 33.6 Å². The Bertz CT molecular complexity index is 4410. The molecule has 83 heavy (non-hydrogen) atoms. The summed E-state index contributed by atoms with van der Waals surface area (Å²) in [6.07, 6.45) is 7.82. The van der Waals surface area contributed by atoms with Gasteiger partial charge in [0.05, 0.1) is 27.8 Å². The van der Waals surface area contributed by atoms with Gasteiger partial charge in [-0.15, -0.1) is 0 Å². The number of rotatable bonds is 7. The molecular formula is C78H83N5. The molecule has 0 amide bonds. The van der Waals surface area contributed by atoms with Gasteiger partial charge in [-0.25, -0.2) is 4.98 Å². The van der Waals surface area contributed by atoms with Gasteiger partial charge in [-0.1, -0.05) is 187 Å². The molecule has 3 aliphatic rings. The van der Waals surface area contributed by atoms with E-state index < -0.39 is 11.1 Å². The number of pyridine rings is 1. The van der Waals surface area contributed by atoms with Gasteiger partial charge in [0, 0.05) is 50.6 Å². The quantitative estimate of drug-likeness (QED) is 0.160. The van der Waals surface area contributed by atoms with Crippen LogP contribution in [0.1, 0.15) is 155 Å². The van der Waals surface area contributed by atoms with E-state index in [2.05, 4.69) is 289 Å². The van der Waals surface area contributed by atoms with E-state index in [1.807, 2.05) is 6.20 Å². The predicted octanol–water partition coefficient (Wildman–Crippen LogP) is 20.5. The molecule has 0 spiro atoms. The summed E-state index contributed by atoms with van der Waals surface area (Å²) in [5.41, 5.74) is 23.0. The van der Waals surface area contributed by atoms with Gasteiger partial charge >= 0.3 is 0 Å². The van der Waals surface area contributed by atoms with E-state index in [0.29, 0.717) is 11.8 Å². The van der Waals surface area contributed by atoms with Crippen LogP contribution in [-0.4, -0.2) is 24.9 Å². The van der Waals surface area contributed by atoms with E-state index >= 15 is 0 Å². The lowest BCUT2D eigenvalue weighted by molar-refractivity contribution is 0.132. The largest absolute Gasteiger partial charge is 0.317 e. The number of aliphatic imine (C=N–C) groups is 1. The lowest BCUT2D eigenvalue weighted by Gasteiger charge is -2.53. The lowest BCUT2D eigenvalue weighted by atomic mass is 9.61. The third-order valence-corrected chi connectivity index (χ3v) is 19.5. The molecule has 0 saturated carbocycles. The molecule has 2 aliphatic carbocycles. The highest BCUT2D eigenvalue weighted by molar-refractivity contribution is 6.13. The molecule has 420 valence electrons. The Balaban J connectivity index is 1.11. The first kappa shape index (κ1) is 54.5. The van der Waals surface area contributed by atoms with Crippen molar-refractivity contribution in [2.75, 3.05) is 0 Å². The molecular weight excluding hydrogens is 1010 g/mol. The number of nitrogens with zero attached hydrogens (tertiary/aromatic N) is 5. The highest BCUT2D eigenvalue weighted by atomic mass is 15.4. The summed E-state index contributed by atoms with van der Waals surface area (Å²) >= 11 is 0. The number of fused-ring (bicyclic) bond motifs is 12. The van der Waals surface area contributed by atoms with Crippen LogP contribution < -0.4 is 0 Å². The van der Waals surface area contributed by atoms with E-state index in [0.717, 1.165) is 51.3 Å². The Morgan fingerprint density at radius 2 is 1.18 bits per heavy atom. The van der Waals surface area contributed by atoms with Crippen molar-refractivity contribution in [2.24, 2.45) is 22.7 Å². The van der Waals surface area contributed by atoms with Gasteiger partial charge < -0.3 is 9.47 Å². The molecule has 4 heterocycles. The molecule has 0 radical (unpaired) electrons. The topological polar surface area (TPSA) is 38.4 Å². The highest BCUT2D eigenvalue weighted by Crippen LogP contribution is 2.63. The Morgan fingerprint density at radius 3 is 1.86 bits per heavy atom. The number of aromatic nitrogens is 3. The van der Waals surface area contributed by atoms with E-state index in [1.165, 1.54) is 94.1 Å². The van der Waals surface area contributed by atoms with Crippen molar-refractivity contribution < 1.29 is 0 Å². The first-order valence-electron chi connectivity index (χ1n) is 30.6. The zero-order valence-electron chi connectivity index (χ0n) is 52.3. The first-order valence-corrected chi connectivity index (χ1v) is 30.6. The number of benzene rings is 7. The molecule has 10 aromatic rings. The van der Waals surface area contributed by atoms with Crippen LogP contribution in [0, 0.1) is 31.6 Å². The highest BCUT2D eigenvalue weighted by Gasteiger charge is 2.62. The third-order valence-electron chi connectivity index (χ3n) is 19.5. The molecule has 3 aromatic heterocycles. The lowest BCUT2D eigenvalue weighted by Crippen LogP contribution is -2.55. The fourth-order valence-electron chi connectivity index (χ4n) is 14.5. The van der Waals surface area contributed by atoms with Crippen LogP contribution in [0.5, 0.6) is 0 Å². The molecule has 0 N–H and O–H groups in total. The third kappa shape index (κ3) is 8.36. The van der Waals surface area contributed by atoms with Crippen molar-refractivity contribution in [1.29, 1.82) is 0 Å². The SMILES string of the molecule is Cc1ccc2c(c1)c1cc(C)c(-n3c4ccc(-c5ccccc5)cc4c4cccnc43)cc1n2-c1cc(C2=N[C@]3(C)c4ccc(C(C)(C)C)cc4-c4cc(C(C)(C)C)ccc4[C@]3(C)N2C2=C(C(C)C)C=CC[C@@H]2C(C)C)cc(C(C)(C)C)c1. The maximum Gasteiger partial charge on any atom is 0.145 e. The Morgan fingerprint density at radius 1 is 0.542 bits per heavy atom. The molecule has 3 atom stereocenters. The van der Waals surface area contributed by atoms with Gasteiger partial charge in [0.2, 0.25) is 0 Å². The Kier molecular flexibility index (Phi) is 12.4. The number of hydrogen-bond acceptors (Lipinski definition) is 3. The van der Waals surface area contributed by atoms with Gasteiger partial charge in [0.1, 0.15) is 17.0 Å². The Hall–Kier alpha value is -7.76. The maximum absolute atomic E-state index is 6.42. The summed E-state index contributed by atoms with van der Waals surface area (Å²) in [5, 5.41) is 4.81. The number of amidine groups is 1. The van der Waals surface area contributed by atoms with Crippen LogP contribution in [0.25, 0.3) is 77.4 Å². The second-order valence-electron chi connectivity index (χ2n) is 28.8. The minimum Gasteiger partial charge on any atom is -0.317 e. The smallest absolute Gasteiger partial charge is 0.145 e. The van der Waals surface area contributed by atoms with E-state index in [-0.39, 0.29) is 22.2 Å². The number of allylic oxidation sites excluding steroid dienone is 4. The zero-order chi connectivity index (χ0) is 58.6. The molecule has 5 heteroatoms. The summed E-state index contributed by atoms with van der Waals surface area (Å²) in [7, 11) is 0. The standard InChI is InChI=1S/C78H83N5/c1-46(2)57-25-21-26-58(47(3)4)71(57)83-72(80-77(16)65-32-30-53(74(7,8)9)43-60(65)61-44-54(75(10,11)12)31-33-66(61)78(77,83)17)52-39-55(76(13,14)15)42-56(40-52)81-67-34-28-48(5)37-62(67)63-38-49(6)69(45-70(63)81)82-68-35-29-51(50-23-19-18-20-24-50)41-64(68)59-27-22-36-79-73(59)82/h18-25,27-47,58H,26H2,1-17H3/t58-,77-,78+/m1/s1. The summed E-state index contributed by atoms with van der Waals surface area (Å²) in [6, 6.07) is 56.1. The fraction of sp³-hybridized carbons (Fsp3) is 0.333. The van der Waals surface area contributed by atoms with Crippen LogP contribution in [0.3, 0.4) is 0 Å². The van der Waals surface area contributed by atoms with Gasteiger partial charge in [-0.3, -0.25) is 9.56 Å². The zero-order valence-corrected chi connectivity index (χ0v) is 52.3. The molecule has 0 fully saturated rings. The molecule has 0 unspecified atom stereocenters. The second-order valence-corrected chi connectivity index (χ2v) is 28.8. The molecule has 5 nitrogen and oxygen atoms in total. The van der Waals surface area contributed by atoms with Gasteiger partial charge in [-0.05, 0) is 190 Å². The summed E-state index contributed by atoms with van der Waals surface area (Å²) in [4.78, 5) is 14.4. The number of aryl methyl sites for hydroxylation is 2.